The summed E-state index contributed by atoms with van der Waals surface area (Å²) in [5.41, 5.74) is 4.88. The molecule has 5 rings (SSSR count). The second-order valence-electron chi connectivity index (χ2n) is 7.96. The number of hydrogen-bond acceptors (Lipinski definition) is 1. The molecule has 4 aromatic carbocycles. The number of anilines is 1. The summed E-state index contributed by atoms with van der Waals surface area (Å²) in [6, 6.07) is 27.4. The number of benzene rings is 4. The minimum absolute atomic E-state index is 0.0175. The van der Waals surface area contributed by atoms with Crippen LogP contribution >= 0.6 is 0 Å². The fourth-order valence-corrected chi connectivity index (χ4v) is 4.46. The summed E-state index contributed by atoms with van der Waals surface area (Å²) in [5.74, 6) is -0.282. The maximum absolute atomic E-state index is 14.3. The normalized spacial score (nSPS) is 16.0. The van der Waals surface area contributed by atoms with E-state index in [4.69, 9.17) is 0 Å². The molecule has 1 amide bonds. The smallest absolute Gasteiger partial charge is 0.228 e. The number of carbonyl (C=O) groups is 1. The summed E-state index contributed by atoms with van der Waals surface area (Å²) >= 11 is 0. The SMILES string of the molecule is Cc1ccc(C2CC(=O)N(Cc3ccccc3F)c3ccc4ccccc4c32)cc1. The Labute approximate surface area is 175 Å². The van der Waals surface area contributed by atoms with Crippen LogP contribution in [0.25, 0.3) is 10.8 Å². The molecule has 0 bridgehead atoms. The van der Waals surface area contributed by atoms with Gasteiger partial charge >= 0.3 is 0 Å². The molecule has 4 aromatic rings. The molecule has 30 heavy (non-hydrogen) atoms. The molecule has 0 saturated heterocycles. The van der Waals surface area contributed by atoms with E-state index in [0.717, 1.165) is 27.6 Å². The third-order valence-electron chi connectivity index (χ3n) is 6.03. The second-order valence-corrected chi connectivity index (χ2v) is 7.96. The van der Waals surface area contributed by atoms with E-state index in [9.17, 15) is 9.18 Å². The maximum atomic E-state index is 14.3. The molecule has 3 heteroatoms. The monoisotopic (exact) mass is 395 g/mol. The zero-order valence-corrected chi connectivity index (χ0v) is 16.8. The lowest BCUT2D eigenvalue weighted by Crippen LogP contribution is -2.36. The average Bonchev–Trinajstić information content (AvgIpc) is 2.77. The topological polar surface area (TPSA) is 20.3 Å². The van der Waals surface area contributed by atoms with Crippen molar-refractivity contribution in [1.29, 1.82) is 0 Å². The summed E-state index contributed by atoms with van der Waals surface area (Å²) in [5, 5.41) is 2.29. The molecule has 0 aromatic heterocycles. The summed E-state index contributed by atoms with van der Waals surface area (Å²) < 4.78 is 14.3. The van der Waals surface area contributed by atoms with Crippen molar-refractivity contribution >= 4 is 22.4 Å². The largest absolute Gasteiger partial charge is 0.308 e. The molecule has 1 aliphatic rings. The van der Waals surface area contributed by atoms with Gasteiger partial charge in [0.25, 0.3) is 0 Å². The van der Waals surface area contributed by atoms with Crippen LogP contribution < -0.4 is 4.90 Å². The average molecular weight is 395 g/mol. The highest BCUT2D eigenvalue weighted by Gasteiger charge is 2.33. The van der Waals surface area contributed by atoms with E-state index in [1.165, 1.54) is 11.6 Å². The van der Waals surface area contributed by atoms with Gasteiger partial charge in [0.2, 0.25) is 5.91 Å². The number of rotatable bonds is 3. The van der Waals surface area contributed by atoms with Crippen molar-refractivity contribution in [2.45, 2.75) is 25.8 Å². The second kappa shape index (κ2) is 7.42. The zero-order chi connectivity index (χ0) is 20.7. The lowest BCUT2D eigenvalue weighted by atomic mass is 9.81. The van der Waals surface area contributed by atoms with Crippen molar-refractivity contribution in [3.05, 3.63) is 113 Å². The predicted molar refractivity (Wildman–Crippen MR) is 119 cm³/mol. The Balaban J connectivity index is 1.69. The number of amides is 1. The fraction of sp³-hybridized carbons (Fsp3) is 0.148. The van der Waals surface area contributed by atoms with Crippen molar-refractivity contribution in [3.8, 4) is 0 Å². The first-order valence-corrected chi connectivity index (χ1v) is 10.2. The standard InChI is InChI=1S/C27H22FNO/c1-18-10-12-20(13-11-18)23-16-26(30)29(17-21-7-3-5-9-24(21)28)25-15-14-19-6-2-4-8-22(19)27(23)25/h2-15,23H,16-17H2,1H3. The van der Waals surface area contributed by atoms with Crippen molar-refractivity contribution in [2.24, 2.45) is 0 Å². The molecule has 0 radical (unpaired) electrons. The quantitative estimate of drug-likeness (QED) is 0.395. The van der Waals surface area contributed by atoms with Crippen LogP contribution in [-0.2, 0) is 11.3 Å². The van der Waals surface area contributed by atoms with Gasteiger partial charge < -0.3 is 4.90 Å². The number of carbonyl (C=O) groups excluding carboxylic acids is 1. The van der Waals surface area contributed by atoms with E-state index >= 15 is 0 Å². The molecule has 1 unspecified atom stereocenters. The summed E-state index contributed by atoms with van der Waals surface area (Å²) in [7, 11) is 0. The molecule has 0 fully saturated rings. The lowest BCUT2D eigenvalue weighted by Gasteiger charge is -2.35. The first-order valence-electron chi connectivity index (χ1n) is 10.2. The van der Waals surface area contributed by atoms with Gasteiger partial charge in [-0.1, -0.05) is 78.4 Å². The van der Waals surface area contributed by atoms with Crippen LogP contribution in [0.4, 0.5) is 10.1 Å². The van der Waals surface area contributed by atoms with Crippen molar-refractivity contribution in [3.63, 3.8) is 0 Å². The summed E-state index contributed by atoms with van der Waals surface area (Å²) in [6.45, 7) is 2.30. The van der Waals surface area contributed by atoms with Gasteiger partial charge in [-0.2, -0.15) is 0 Å². The Kier molecular flexibility index (Phi) is 4.59. The molecule has 2 nitrogen and oxygen atoms in total. The Morgan fingerprint density at radius 2 is 1.63 bits per heavy atom. The van der Waals surface area contributed by atoms with E-state index in [1.54, 1.807) is 17.0 Å². The Morgan fingerprint density at radius 1 is 0.900 bits per heavy atom. The van der Waals surface area contributed by atoms with Crippen LogP contribution in [0.2, 0.25) is 0 Å². The van der Waals surface area contributed by atoms with Crippen molar-refractivity contribution < 1.29 is 9.18 Å². The summed E-state index contributed by atoms with van der Waals surface area (Å²) in [6.07, 6.45) is 0.374. The van der Waals surface area contributed by atoms with Crippen LogP contribution in [0.3, 0.4) is 0 Å². The van der Waals surface area contributed by atoms with Crippen LogP contribution in [-0.4, -0.2) is 5.91 Å². The first kappa shape index (κ1) is 18.6. The van der Waals surface area contributed by atoms with Crippen molar-refractivity contribution in [1.82, 2.24) is 0 Å². The van der Waals surface area contributed by atoms with Crippen LogP contribution in [0.1, 0.15) is 34.6 Å². The predicted octanol–water partition coefficient (Wildman–Crippen LogP) is 6.36. The molecule has 0 saturated carbocycles. The zero-order valence-electron chi connectivity index (χ0n) is 16.8. The Hall–Kier alpha value is -3.46. The van der Waals surface area contributed by atoms with E-state index < -0.39 is 0 Å². The molecule has 0 aliphatic carbocycles. The molecule has 1 aliphatic heterocycles. The number of hydrogen-bond donors (Lipinski definition) is 0. The Morgan fingerprint density at radius 3 is 2.43 bits per heavy atom. The molecule has 0 N–H and O–H groups in total. The van der Waals surface area contributed by atoms with Gasteiger partial charge in [-0.3, -0.25) is 4.79 Å². The molecule has 0 spiro atoms. The first-order chi connectivity index (χ1) is 14.6. The van der Waals surface area contributed by atoms with Crippen LogP contribution in [0.15, 0.2) is 84.9 Å². The number of nitrogens with zero attached hydrogens (tertiary/aromatic N) is 1. The van der Waals surface area contributed by atoms with E-state index in [1.807, 2.05) is 30.3 Å². The van der Waals surface area contributed by atoms with E-state index in [-0.39, 0.29) is 24.2 Å². The third-order valence-corrected chi connectivity index (χ3v) is 6.03. The molecule has 1 atom stereocenters. The van der Waals surface area contributed by atoms with Gasteiger partial charge in [-0.15, -0.1) is 0 Å². The van der Waals surface area contributed by atoms with E-state index in [2.05, 4.69) is 43.3 Å². The molecular weight excluding hydrogens is 373 g/mol. The van der Waals surface area contributed by atoms with Gasteiger partial charge in [0.05, 0.1) is 6.54 Å². The highest BCUT2D eigenvalue weighted by Crippen LogP contribution is 2.44. The van der Waals surface area contributed by atoms with Crippen molar-refractivity contribution in [2.75, 3.05) is 4.90 Å². The Bertz CT molecular complexity index is 1250. The number of halogens is 1. The van der Waals surface area contributed by atoms with Gasteiger partial charge in [0.15, 0.2) is 0 Å². The van der Waals surface area contributed by atoms with E-state index in [0.29, 0.717) is 12.0 Å². The van der Waals surface area contributed by atoms with Crippen LogP contribution in [0, 0.1) is 12.7 Å². The maximum Gasteiger partial charge on any atom is 0.228 e. The molecule has 1 heterocycles. The van der Waals surface area contributed by atoms with Gasteiger partial charge in [-0.25, -0.2) is 4.39 Å². The van der Waals surface area contributed by atoms with Gasteiger partial charge in [0.1, 0.15) is 5.82 Å². The van der Waals surface area contributed by atoms with Gasteiger partial charge in [0, 0.05) is 23.6 Å². The van der Waals surface area contributed by atoms with Crippen LogP contribution in [0.5, 0.6) is 0 Å². The number of aryl methyl sites for hydroxylation is 1. The molecular formula is C27H22FNO. The minimum Gasteiger partial charge on any atom is -0.308 e. The highest BCUT2D eigenvalue weighted by molar-refractivity contribution is 6.03. The fourth-order valence-electron chi connectivity index (χ4n) is 4.46. The lowest BCUT2D eigenvalue weighted by molar-refractivity contribution is -0.119. The number of fused-ring (bicyclic) bond motifs is 3. The highest BCUT2D eigenvalue weighted by atomic mass is 19.1. The molecule has 148 valence electrons. The minimum atomic E-state index is -0.284. The summed E-state index contributed by atoms with van der Waals surface area (Å²) in [4.78, 5) is 15.0. The van der Waals surface area contributed by atoms with Gasteiger partial charge in [-0.05, 0) is 41.0 Å². The third kappa shape index (κ3) is 3.17.